The van der Waals surface area contributed by atoms with Crippen molar-refractivity contribution in [3.05, 3.63) is 34.6 Å². The maximum absolute atomic E-state index is 13.7. The first-order chi connectivity index (χ1) is 10.1. The molecule has 1 amide bonds. The van der Waals surface area contributed by atoms with Gasteiger partial charge in [-0.05, 0) is 13.8 Å². The zero-order valence-corrected chi connectivity index (χ0v) is 12.3. The summed E-state index contributed by atoms with van der Waals surface area (Å²) >= 11 is 5.89. The van der Waals surface area contributed by atoms with Crippen LogP contribution >= 0.6 is 11.6 Å². The number of hydrazone groups is 1. The van der Waals surface area contributed by atoms with E-state index < -0.39 is 11.9 Å². The highest BCUT2D eigenvalue weighted by Crippen LogP contribution is 2.14. The van der Waals surface area contributed by atoms with Crippen molar-refractivity contribution in [1.82, 2.24) is 25.0 Å². The van der Waals surface area contributed by atoms with Gasteiger partial charge in [-0.25, -0.2) is 10.1 Å². The van der Waals surface area contributed by atoms with Gasteiger partial charge < -0.3 is 0 Å². The lowest BCUT2D eigenvalue weighted by Crippen LogP contribution is -2.22. The molecule has 7 nitrogen and oxygen atoms in total. The van der Waals surface area contributed by atoms with Gasteiger partial charge in [-0.3, -0.25) is 9.48 Å². The Labute approximate surface area is 125 Å². The molecule has 2 heterocycles. The number of hydrogen-bond donors (Lipinski definition) is 1. The van der Waals surface area contributed by atoms with E-state index in [-0.39, 0.29) is 16.3 Å². The minimum Gasteiger partial charge on any atom is -0.266 e. The first kappa shape index (κ1) is 15.2. The minimum absolute atomic E-state index is 0.187. The van der Waals surface area contributed by atoms with E-state index in [1.165, 1.54) is 28.0 Å². The zero-order chi connectivity index (χ0) is 15.4. The Hall–Kier alpha value is -2.22. The topological polar surface area (TPSA) is 77.1 Å². The van der Waals surface area contributed by atoms with Gasteiger partial charge in [-0.2, -0.15) is 19.7 Å². The summed E-state index contributed by atoms with van der Waals surface area (Å²) in [5.74, 6) is -1.02. The van der Waals surface area contributed by atoms with Crippen LogP contribution in [0.3, 0.4) is 0 Å². The summed E-state index contributed by atoms with van der Waals surface area (Å²) < 4.78 is 16.3. The van der Waals surface area contributed by atoms with E-state index in [4.69, 9.17) is 11.6 Å². The molecule has 112 valence electrons. The number of aryl methyl sites for hydroxylation is 2. The fraction of sp³-hybridized carbons (Fsp3) is 0.333. The van der Waals surface area contributed by atoms with Gasteiger partial charge in [0.2, 0.25) is 5.95 Å². The summed E-state index contributed by atoms with van der Waals surface area (Å²) in [7, 11) is 0. The van der Waals surface area contributed by atoms with E-state index >= 15 is 0 Å². The van der Waals surface area contributed by atoms with Crippen LogP contribution in [0, 0.1) is 5.95 Å². The van der Waals surface area contributed by atoms with Gasteiger partial charge in [-0.15, -0.1) is 0 Å². The second-order valence-electron chi connectivity index (χ2n) is 4.06. The van der Waals surface area contributed by atoms with Crippen LogP contribution in [0.25, 0.3) is 0 Å². The Kier molecular flexibility index (Phi) is 4.69. The predicted molar refractivity (Wildman–Crippen MR) is 75.8 cm³/mol. The molecule has 0 aliphatic carbocycles. The minimum atomic E-state index is -0.515. The summed E-state index contributed by atoms with van der Waals surface area (Å²) in [4.78, 5) is 12.0. The lowest BCUT2D eigenvalue weighted by molar-refractivity contribution is 0.0944. The van der Waals surface area contributed by atoms with Crippen LogP contribution in [0.5, 0.6) is 0 Å². The number of hydrogen-bond acceptors (Lipinski definition) is 4. The Morgan fingerprint density at radius 1 is 1.38 bits per heavy atom. The average Bonchev–Trinajstić information content (AvgIpc) is 3.02. The molecular formula is C12H14ClFN6O. The quantitative estimate of drug-likeness (QED) is 0.674. The normalized spacial score (nSPS) is 11.2. The van der Waals surface area contributed by atoms with Gasteiger partial charge >= 0.3 is 0 Å². The molecule has 21 heavy (non-hydrogen) atoms. The molecule has 0 radical (unpaired) electrons. The number of halogens is 2. The molecule has 0 spiro atoms. The van der Waals surface area contributed by atoms with Gasteiger partial charge in [0.25, 0.3) is 5.91 Å². The van der Waals surface area contributed by atoms with Crippen LogP contribution < -0.4 is 5.43 Å². The summed E-state index contributed by atoms with van der Waals surface area (Å²) in [6, 6.07) is 0. The third kappa shape index (κ3) is 3.10. The summed E-state index contributed by atoms with van der Waals surface area (Å²) in [5.41, 5.74) is 2.68. The number of nitrogens with one attached hydrogen (secondary N) is 1. The fourth-order valence-corrected chi connectivity index (χ4v) is 1.96. The number of rotatable bonds is 5. The van der Waals surface area contributed by atoms with Crippen LogP contribution in [0.1, 0.15) is 29.9 Å². The van der Waals surface area contributed by atoms with Crippen molar-refractivity contribution in [3.8, 4) is 0 Å². The Morgan fingerprint density at radius 2 is 2.05 bits per heavy atom. The van der Waals surface area contributed by atoms with E-state index in [0.717, 1.165) is 0 Å². The van der Waals surface area contributed by atoms with Gasteiger partial charge in [0.05, 0.1) is 29.2 Å². The third-order valence-corrected chi connectivity index (χ3v) is 3.06. The highest BCUT2D eigenvalue weighted by Gasteiger charge is 2.16. The highest BCUT2D eigenvalue weighted by molar-refractivity contribution is 6.33. The maximum atomic E-state index is 13.7. The van der Waals surface area contributed by atoms with Crippen molar-refractivity contribution < 1.29 is 9.18 Å². The van der Waals surface area contributed by atoms with Gasteiger partial charge in [0.15, 0.2) is 0 Å². The van der Waals surface area contributed by atoms with Gasteiger partial charge in [-0.1, -0.05) is 11.6 Å². The van der Waals surface area contributed by atoms with E-state index in [1.54, 1.807) is 6.92 Å². The van der Waals surface area contributed by atoms with E-state index in [0.29, 0.717) is 13.1 Å². The first-order valence-corrected chi connectivity index (χ1v) is 6.72. The monoisotopic (exact) mass is 312 g/mol. The molecular weight excluding hydrogens is 299 g/mol. The van der Waals surface area contributed by atoms with Crippen LogP contribution in [0.2, 0.25) is 5.02 Å². The molecule has 0 aliphatic heterocycles. The smallest absolute Gasteiger partial charge is 0.266 e. The maximum Gasteiger partial charge on any atom is 0.291 e. The fourth-order valence-electron chi connectivity index (χ4n) is 1.73. The molecule has 2 aromatic rings. The van der Waals surface area contributed by atoms with Crippen molar-refractivity contribution in [1.29, 1.82) is 0 Å². The Balaban J connectivity index is 2.08. The van der Waals surface area contributed by atoms with Crippen LogP contribution in [0.15, 0.2) is 17.5 Å². The lowest BCUT2D eigenvalue weighted by Gasteiger charge is -2.03. The molecule has 0 aromatic carbocycles. The van der Waals surface area contributed by atoms with Gasteiger partial charge in [0.1, 0.15) is 5.69 Å². The molecule has 0 aliphatic rings. The zero-order valence-electron chi connectivity index (χ0n) is 11.5. The molecule has 0 atom stereocenters. The van der Waals surface area contributed by atoms with Crippen molar-refractivity contribution in [2.24, 2.45) is 5.10 Å². The lowest BCUT2D eigenvalue weighted by atomic mass is 10.4. The highest BCUT2D eigenvalue weighted by atomic mass is 35.5. The van der Waals surface area contributed by atoms with Crippen molar-refractivity contribution >= 4 is 23.7 Å². The number of carbonyl (C=O) groups excluding carboxylic acids is 1. The molecule has 0 fully saturated rings. The van der Waals surface area contributed by atoms with Crippen molar-refractivity contribution in [3.63, 3.8) is 0 Å². The summed E-state index contributed by atoms with van der Waals surface area (Å²) in [6.45, 7) is 4.51. The van der Waals surface area contributed by atoms with Crippen LogP contribution in [-0.2, 0) is 13.1 Å². The van der Waals surface area contributed by atoms with Gasteiger partial charge in [0, 0.05) is 13.1 Å². The second kappa shape index (κ2) is 6.49. The first-order valence-electron chi connectivity index (χ1n) is 6.34. The van der Waals surface area contributed by atoms with E-state index in [2.05, 4.69) is 20.7 Å². The largest absolute Gasteiger partial charge is 0.291 e. The number of nitrogens with zero attached hydrogens (tertiary/aromatic N) is 5. The number of amides is 1. The molecule has 1 N–H and O–H groups in total. The third-order valence-electron chi connectivity index (χ3n) is 2.78. The Morgan fingerprint density at radius 3 is 2.67 bits per heavy atom. The molecule has 0 unspecified atom stereocenters. The van der Waals surface area contributed by atoms with E-state index in [1.807, 2.05) is 6.92 Å². The molecule has 2 aromatic heterocycles. The molecule has 0 saturated heterocycles. The molecule has 9 heteroatoms. The number of aromatic nitrogens is 4. The summed E-state index contributed by atoms with van der Waals surface area (Å²) in [5, 5.41) is 11.7. The standard InChI is InChI=1S/C12H14ClFN6O/c1-3-19-10(9(13)7-17-19)12(21)18-15-5-8-6-16-20(4-2)11(8)14/h5-7H,3-4H2,1-2H3,(H,18,21). The average molecular weight is 313 g/mol. The van der Waals surface area contributed by atoms with Crippen LogP contribution in [0.4, 0.5) is 4.39 Å². The Bertz CT molecular complexity index is 677. The molecule has 2 rings (SSSR count). The predicted octanol–water partition coefficient (Wildman–Crippen LogP) is 1.68. The van der Waals surface area contributed by atoms with E-state index in [9.17, 15) is 9.18 Å². The molecule has 0 saturated carbocycles. The summed E-state index contributed by atoms with van der Waals surface area (Å²) in [6.07, 6.45) is 3.90. The van der Waals surface area contributed by atoms with Crippen molar-refractivity contribution in [2.45, 2.75) is 26.9 Å². The molecule has 0 bridgehead atoms. The second-order valence-corrected chi connectivity index (χ2v) is 4.47. The van der Waals surface area contributed by atoms with Crippen molar-refractivity contribution in [2.75, 3.05) is 0 Å². The van der Waals surface area contributed by atoms with Crippen LogP contribution in [-0.4, -0.2) is 31.7 Å². The SMILES string of the molecule is CCn1ncc(C=NNC(=O)c2c(Cl)cnn2CC)c1F. The number of carbonyl (C=O) groups is 1.